The lowest BCUT2D eigenvalue weighted by molar-refractivity contribution is 0.354. The monoisotopic (exact) mass is 327 g/mol. The van der Waals surface area contributed by atoms with Crippen molar-refractivity contribution in [2.24, 2.45) is 0 Å². The molecule has 1 aromatic heterocycles. The van der Waals surface area contributed by atoms with Crippen LogP contribution in [0.25, 0.3) is 10.9 Å². The van der Waals surface area contributed by atoms with Gasteiger partial charge in [-0.05, 0) is 35.9 Å². The lowest BCUT2D eigenvalue weighted by Gasteiger charge is -2.11. The summed E-state index contributed by atoms with van der Waals surface area (Å²) in [4.78, 5) is 27.5. The second kappa shape index (κ2) is 6.11. The van der Waals surface area contributed by atoms with Crippen LogP contribution in [0.5, 0.6) is 11.5 Å². The summed E-state index contributed by atoms with van der Waals surface area (Å²) >= 11 is 0. The maximum Gasteiger partial charge on any atom is 0.329 e. The van der Waals surface area contributed by atoms with Crippen molar-refractivity contribution in [1.29, 1.82) is 0 Å². The van der Waals surface area contributed by atoms with Gasteiger partial charge in [-0.25, -0.2) is 4.79 Å². The number of ether oxygens (including phenoxy) is 2. The van der Waals surface area contributed by atoms with Crippen molar-refractivity contribution in [2.75, 3.05) is 20.0 Å². The molecule has 0 unspecified atom stereocenters. The van der Waals surface area contributed by atoms with E-state index in [0.717, 1.165) is 10.1 Å². The first-order valence-corrected chi connectivity index (χ1v) is 7.26. The Morgan fingerprint density at radius 3 is 2.50 bits per heavy atom. The van der Waals surface area contributed by atoms with Crippen LogP contribution in [-0.2, 0) is 6.54 Å². The maximum atomic E-state index is 12.6. The molecule has 0 saturated carbocycles. The average Bonchev–Trinajstić information content (AvgIpc) is 2.59. The predicted molar refractivity (Wildman–Crippen MR) is 91.9 cm³/mol. The predicted octanol–water partition coefficient (Wildman–Crippen LogP) is 1.34. The molecule has 0 saturated heterocycles. The summed E-state index contributed by atoms with van der Waals surface area (Å²) in [6.07, 6.45) is 0. The van der Waals surface area contributed by atoms with Gasteiger partial charge in [0.25, 0.3) is 5.56 Å². The molecule has 7 heteroatoms. The van der Waals surface area contributed by atoms with Crippen molar-refractivity contribution in [2.45, 2.75) is 6.54 Å². The van der Waals surface area contributed by atoms with Crippen LogP contribution in [0.1, 0.15) is 5.56 Å². The second-order valence-electron chi connectivity index (χ2n) is 5.32. The van der Waals surface area contributed by atoms with E-state index < -0.39 is 11.2 Å². The third kappa shape index (κ3) is 2.71. The number of anilines is 1. The fraction of sp³-hybridized carbons (Fsp3) is 0.176. The van der Waals surface area contributed by atoms with E-state index in [1.54, 1.807) is 43.5 Å². The van der Waals surface area contributed by atoms with Crippen molar-refractivity contribution < 1.29 is 9.47 Å². The van der Waals surface area contributed by atoms with Crippen molar-refractivity contribution in [1.82, 2.24) is 9.55 Å². The first-order valence-electron chi connectivity index (χ1n) is 7.26. The van der Waals surface area contributed by atoms with E-state index in [4.69, 9.17) is 15.2 Å². The molecule has 0 radical (unpaired) electrons. The average molecular weight is 327 g/mol. The number of fused-ring (bicyclic) bond motifs is 1. The molecule has 124 valence electrons. The highest BCUT2D eigenvalue weighted by Crippen LogP contribution is 2.27. The van der Waals surface area contributed by atoms with Gasteiger partial charge in [0.2, 0.25) is 0 Å². The van der Waals surface area contributed by atoms with Crippen LogP contribution in [0.3, 0.4) is 0 Å². The number of methoxy groups -OCH3 is 2. The first kappa shape index (κ1) is 15.7. The summed E-state index contributed by atoms with van der Waals surface area (Å²) in [5, 5.41) is 0.370. The quantitative estimate of drug-likeness (QED) is 0.705. The van der Waals surface area contributed by atoms with E-state index in [1.807, 2.05) is 0 Å². The van der Waals surface area contributed by atoms with E-state index in [-0.39, 0.29) is 6.54 Å². The zero-order valence-electron chi connectivity index (χ0n) is 13.3. The SMILES string of the molecule is COc1ccc(Cn2c(=O)[nH]c3ccc(N)cc3c2=O)cc1OC. The second-order valence-corrected chi connectivity index (χ2v) is 5.32. The molecule has 3 rings (SSSR count). The minimum Gasteiger partial charge on any atom is -0.493 e. The number of aromatic amines is 1. The van der Waals surface area contributed by atoms with Crippen molar-refractivity contribution in [3.05, 3.63) is 62.8 Å². The largest absolute Gasteiger partial charge is 0.493 e. The number of nitrogens with one attached hydrogen (secondary N) is 1. The summed E-state index contributed by atoms with van der Waals surface area (Å²) in [6, 6.07) is 10.0. The number of H-pyrrole nitrogens is 1. The summed E-state index contributed by atoms with van der Waals surface area (Å²) in [5.41, 5.74) is 6.52. The molecule has 3 aromatic rings. The van der Waals surface area contributed by atoms with Crippen LogP contribution in [0.15, 0.2) is 46.0 Å². The minimum atomic E-state index is -0.480. The van der Waals surface area contributed by atoms with E-state index in [1.165, 1.54) is 7.11 Å². The smallest absolute Gasteiger partial charge is 0.329 e. The number of nitrogens with zero attached hydrogens (tertiary/aromatic N) is 1. The standard InChI is InChI=1S/C17H17N3O4/c1-23-14-6-3-10(7-15(14)24-2)9-20-16(21)12-8-11(18)4-5-13(12)19-17(20)22/h3-8H,9,18H2,1-2H3,(H,19,22). The third-order valence-electron chi connectivity index (χ3n) is 3.79. The number of nitrogen functional groups attached to an aromatic ring is 1. The Morgan fingerprint density at radius 1 is 1.04 bits per heavy atom. The third-order valence-corrected chi connectivity index (χ3v) is 3.79. The Kier molecular flexibility index (Phi) is 3.99. The molecule has 0 spiro atoms. The first-order chi connectivity index (χ1) is 11.5. The highest BCUT2D eigenvalue weighted by Gasteiger charge is 2.10. The number of rotatable bonds is 4. The lowest BCUT2D eigenvalue weighted by Crippen LogP contribution is -2.35. The molecule has 2 aromatic carbocycles. The molecule has 0 aliphatic carbocycles. The van der Waals surface area contributed by atoms with Crippen molar-refractivity contribution in [3.8, 4) is 11.5 Å². The molecular weight excluding hydrogens is 310 g/mol. The molecule has 0 fully saturated rings. The van der Waals surface area contributed by atoms with Gasteiger partial charge in [-0.2, -0.15) is 0 Å². The summed E-state index contributed by atoms with van der Waals surface area (Å²) in [7, 11) is 3.07. The van der Waals surface area contributed by atoms with Crippen LogP contribution in [0.2, 0.25) is 0 Å². The molecule has 1 heterocycles. The molecule has 0 amide bonds. The molecule has 0 aliphatic heterocycles. The summed E-state index contributed by atoms with van der Waals surface area (Å²) in [6.45, 7) is 0.110. The van der Waals surface area contributed by atoms with Crippen LogP contribution in [0, 0.1) is 0 Å². The van der Waals surface area contributed by atoms with Gasteiger partial charge in [-0.1, -0.05) is 6.07 Å². The van der Waals surface area contributed by atoms with Crippen molar-refractivity contribution >= 4 is 16.6 Å². The van der Waals surface area contributed by atoms with Gasteiger partial charge in [0, 0.05) is 5.69 Å². The highest BCUT2D eigenvalue weighted by atomic mass is 16.5. The van der Waals surface area contributed by atoms with Crippen LogP contribution in [0.4, 0.5) is 5.69 Å². The molecule has 24 heavy (non-hydrogen) atoms. The molecule has 0 atom stereocenters. The topological polar surface area (TPSA) is 99.3 Å². The van der Waals surface area contributed by atoms with Gasteiger partial charge >= 0.3 is 5.69 Å². The van der Waals surface area contributed by atoms with E-state index in [0.29, 0.717) is 28.1 Å². The fourth-order valence-corrected chi connectivity index (χ4v) is 2.57. The lowest BCUT2D eigenvalue weighted by atomic mass is 10.2. The zero-order chi connectivity index (χ0) is 17.3. The Hall–Kier alpha value is -3.22. The minimum absolute atomic E-state index is 0.110. The number of nitrogens with two attached hydrogens (primary N) is 1. The van der Waals surface area contributed by atoms with Gasteiger partial charge in [0.05, 0.1) is 31.7 Å². The van der Waals surface area contributed by atoms with Gasteiger partial charge in [-0.3, -0.25) is 9.36 Å². The molecule has 3 N–H and O–H groups in total. The van der Waals surface area contributed by atoms with E-state index >= 15 is 0 Å². The number of benzene rings is 2. The van der Waals surface area contributed by atoms with Crippen LogP contribution >= 0.6 is 0 Å². The van der Waals surface area contributed by atoms with Gasteiger partial charge < -0.3 is 20.2 Å². The van der Waals surface area contributed by atoms with Crippen LogP contribution < -0.4 is 26.5 Å². The molecule has 7 nitrogen and oxygen atoms in total. The maximum absolute atomic E-state index is 12.6. The van der Waals surface area contributed by atoms with E-state index in [9.17, 15) is 9.59 Å². The van der Waals surface area contributed by atoms with Gasteiger partial charge in [0.15, 0.2) is 11.5 Å². The number of hydrogen-bond donors (Lipinski definition) is 2. The number of hydrogen-bond acceptors (Lipinski definition) is 5. The van der Waals surface area contributed by atoms with E-state index in [2.05, 4.69) is 4.98 Å². The number of aromatic nitrogens is 2. The molecule has 0 bridgehead atoms. The van der Waals surface area contributed by atoms with Crippen molar-refractivity contribution in [3.63, 3.8) is 0 Å². The zero-order valence-corrected chi connectivity index (χ0v) is 13.3. The fourth-order valence-electron chi connectivity index (χ4n) is 2.57. The Morgan fingerprint density at radius 2 is 1.79 bits per heavy atom. The van der Waals surface area contributed by atoms with Gasteiger partial charge in [-0.15, -0.1) is 0 Å². The highest BCUT2D eigenvalue weighted by molar-refractivity contribution is 5.80. The Labute approximate surface area is 137 Å². The molecule has 0 aliphatic rings. The van der Waals surface area contributed by atoms with Gasteiger partial charge in [0.1, 0.15) is 0 Å². The van der Waals surface area contributed by atoms with Crippen LogP contribution in [-0.4, -0.2) is 23.8 Å². The summed E-state index contributed by atoms with van der Waals surface area (Å²) < 4.78 is 11.6. The normalized spacial score (nSPS) is 10.8. The molecular formula is C17H17N3O4. The summed E-state index contributed by atoms with van der Waals surface area (Å²) in [5.74, 6) is 1.11. The Bertz CT molecular complexity index is 1020. The Balaban J connectivity index is 2.10.